The Morgan fingerprint density at radius 2 is 1.71 bits per heavy atom. The third-order valence-corrected chi connectivity index (χ3v) is 3.15. The summed E-state index contributed by atoms with van der Waals surface area (Å²) >= 11 is 0. The van der Waals surface area contributed by atoms with Gasteiger partial charge >= 0.3 is 5.97 Å². The predicted molar refractivity (Wildman–Crippen MR) is 76.5 cm³/mol. The Kier molecular flexibility index (Phi) is 2.95. The Bertz CT molecular complexity index is 894. The van der Waals surface area contributed by atoms with Crippen LogP contribution in [0, 0.1) is 0 Å². The first-order valence-electron chi connectivity index (χ1n) is 6.17. The minimum Gasteiger partial charge on any atom is -0.507 e. The molecule has 3 aromatic rings. The van der Waals surface area contributed by atoms with Crippen LogP contribution in [-0.2, 0) is 0 Å². The van der Waals surface area contributed by atoms with Gasteiger partial charge in [-0.3, -0.25) is 4.79 Å². The molecule has 5 heteroatoms. The second kappa shape index (κ2) is 4.79. The van der Waals surface area contributed by atoms with E-state index in [1.165, 1.54) is 18.2 Å². The lowest BCUT2D eigenvalue weighted by atomic mass is 10.0. The summed E-state index contributed by atoms with van der Waals surface area (Å²) in [5, 5.41) is 19.0. The van der Waals surface area contributed by atoms with E-state index in [-0.39, 0.29) is 22.5 Å². The number of carboxylic acids is 1. The summed E-state index contributed by atoms with van der Waals surface area (Å²) in [6.45, 7) is 0. The summed E-state index contributed by atoms with van der Waals surface area (Å²) in [7, 11) is 0. The Labute approximate surface area is 118 Å². The van der Waals surface area contributed by atoms with Gasteiger partial charge in [-0.1, -0.05) is 36.4 Å². The number of hydrogen-bond donors (Lipinski definition) is 2. The van der Waals surface area contributed by atoms with Gasteiger partial charge in [-0.15, -0.1) is 0 Å². The van der Waals surface area contributed by atoms with E-state index in [2.05, 4.69) is 0 Å². The van der Waals surface area contributed by atoms with Gasteiger partial charge in [0.2, 0.25) is 5.43 Å². The molecule has 0 bridgehead atoms. The second-order valence-electron chi connectivity index (χ2n) is 4.46. The van der Waals surface area contributed by atoms with Gasteiger partial charge in [-0.25, -0.2) is 4.79 Å². The molecule has 0 saturated heterocycles. The van der Waals surface area contributed by atoms with Crippen LogP contribution in [0.3, 0.4) is 0 Å². The van der Waals surface area contributed by atoms with Crippen molar-refractivity contribution in [1.29, 1.82) is 0 Å². The van der Waals surface area contributed by atoms with Gasteiger partial charge < -0.3 is 14.6 Å². The molecule has 0 atom stereocenters. The van der Waals surface area contributed by atoms with Gasteiger partial charge in [-0.2, -0.15) is 0 Å². The van der Waals surface area contributed by atoms with Crippen molar-refractivity contribution in [2.24, 2.45) is 0 Å². The number of fused-ring (bicyclic) bond motifs is 1. The molecular weight excluding hydrogens is 272 g/mol. The van der Waals surface area contributed by atoms with E-state index in [0.717, 1.165) is 0 Å². The van der Waals surface area contributed by atoms with Crippen LogP contribution in [0.25, 0.3) is 22.3 Å². The molecule has 0 aliphatic heterocycles. The van der Waals surface area contributed by atoms with Gasteiger partial charge in [-0.05, 0) is 12.1 Å². The number of carbonyl (C=O) groups is 1. The number of aromatic hydroxyl groups is 1. The molecule has 0 saturated carbocycles. The Morgan fingerprint density at radius 3 is 2.38 bits per heavy atom. The third kappa shape index (κ3) is 2.04. The number of phenolic OH excluding ortho intramolecular Hbond substituents is 1. The first-order chi connectivity index (χ1) is 10.1. The summed E-state index contributed by atoms with van der Waals surface area (Å²) in [5.41, 5.74) is -0.628. The highest BCUT2D eigenvalue weighted by Gasteiger charge is 2.22. The molecule has 3 rings (SSSR count). The van der Waals surface area contributed by atoms with E-state index in [1.807, 2.05) is 0 Å². The van der Waals surface area contributed by atoms with Crippen molar-refractivity contribution in [3.8, 4) is 17.1 Å². The van der Waals surface area contributed by atoms with Gasteiger partial charge in [0.15, 0.2) is 11.3 Å². The highest BCUT2D eigenvalue weighted by molar-refractivity contribution is 5.99. The van der Waals surface area contributed by atoms with E-state index in [9.17, 15) is 19.8 Å². The van der Waals surface area contributed by atoms with E-state index in [0.29, 0.717) is 5.56 Å². The smallest absolute Gasteiger partial charge is 0.343 e. The topological polar surface area (TPSA) is 87.7 Å². The van der Waals surface area contributed by atoms with Crippen molar-refractivity contribution in [3.63, 3.8) is 0 Å². The van der Waals surface area contributed by atoms with Gasteiger partial charge in [0.1, 0.15) is 16.7 Å². The number of aromatic carboxylic acids is 1. The van der Waals surface area contributed by atoms with Crippen molar-refractivity contribution in [1.82, 2.24) is 0 Å². The minimum atomic E-state index is -1.40. The van der Waals surface area contributed by atoms with E-state index in [4.69, 9.17) is 4.42 Å². The molecule has 5 nitrogen and oxygen atoms in total. The number of phenols is 1. The van der Waals surface area contributed by atoms with Gasteiger partial charge in [0.05, 0.1) is 0 Å². The second-order valence-corrected chi connectivity index (χ2v) is 4.46. The average molecular weight is 282 g/mol. The molecular formula is C16H10O5. The fourth-order valence-corrected chi connectivity index (χ4v) is 2.21. The van der Waals surface area contributed by atoms with Crippen molar-refractivity contribution in [3.05, 3.63) is 64.3 Å². The first kappa shape index (κ1) is 12.9. The predicted octanol–water partition coefficient (Wildman–Crippen LogP) is 2.86. The standard InChI is InChI=1S/C16H10O5/c17-10-7-4-8-11-12(10)14(18)13(16(19)20)15(21-11)9-5-2-1-3-6-9/h1-8,17H,(H,19,20). The van der Waals surface area contributed by atoms with Crippen LogP contribution < -0.4 is 5.43 Å². The van der Waals surface area contributed by atoms with E-state index < -0.39 is 17.0 Å². The zero-order valence-electron chi connectivity index (χ0n) is 10.7. The summed E-state index contributed by atoms with van der Waals surface area (Å²) < 4.78 is 5.56. The number of hydrogen-bond acceptors (Lipinski definition) is 4. The lowest BCUT2D eigenvalue weighted by Gasteiger charge is -2.08. The fourth-order valence-electron chi connectivity index (χ4n) is 2.21. The maximum atomic E-state index is 12.4. The molecule has 0 unspecified atom stereocenters. The molecule has 104 valence electrons. The van der Waals surface area contributed by atoms with Gasteiger partial charge in [0.25, 0.3) is 0 Å². The van der Waals surface area contributed by atoms with Crippen molar-refractivity contribution < 1.29 is 19.4 Å². The quantitative estimate of drug-likeness (QED) is 0.754. The van der Waals surface area contributed by atoms with Crippen molar-refractivity contribution in [2.45, 2.75) is 0 Å². The highest BCUT2D eigenvalue weighted by atomic mass is 16.4. The number of carboxylic acid groups (broad SMARTS) is 1. The molecule has 0 radical (unpaired) electrons. The Hall–Kier alpha value is -3.08. The summed E-state index contributed by atoms with van der Waals surface area (Å²) in [6, 6.07) is 12.9. The summed E-state index contributed by atoms with van der Waals surface area (Å²) in [5.74, 6) is -1.72. The molecule has 0 aliphatic rings. The van der Waals surface area contributed by atoms with E-state index >= 15 is 0 Å². The monoisotopic (exact) mass is 282 g/mol. The molecule has 0 aliphatic carbocycles. The summed E-state index contributed by atoms with van der Waals surface area (Å²) in [4.78, 5) is 23.8. The molecule has 0 spiro atoms. The van der Waals surface area contributed by atoms with Crippen molar-refractivity contribution >= 4 is 16.9 Å². The normalized spacial score (nSPS) is 10.7. The fraction of sp³-hybridized carbons (Fsp3) is 0. The number of benzene rings is 2. The molecule has 21 heavy (non-hydrogen) atoms. The van der Waals surface area contributed by atoms with Crippen LogP contribution in [0.15, 0.2) is 57.7 Å². The van der Waals surface area contributed by atoms with Crippen LogP contribution in [0.4, 0.5) is 0 Å². The Balaban J connectivity index is 2.48. The van der Waals surface area contributed by atoms with Crippen LogP contribution in [0.2, 0.25) is 0 Å². The lowest BCUT2D eigenvalue weighted by Crippen LogP contribution is -2.16. The molecule has 0 fully saturated rings. The molecule has 1 aromatic heterocycles. The van der Waals surface area contributed by atoms with Crippen LogP contribution in [0.5, 0.6) is 5.75 Å². The molecule has 1 heterocycles. The van der Waals surface area contributed by atoms with Crippen LogP contribution in [0.1, 0.15) is 10.4 Å². The molecule has 2 N–H and O–H groups in total. The maximum Gasteiger partial charge on any atom is 0.343 e. The largest absolute Gasteiger partial charge is 0.507 e. The maximum absolute atomic E-state index is 12.4. The third-order valence-electron chi connectivity index (χ3n) is 3.15. The molecule has 0 amide bonds. The first-order valence-corrected chi connectivity index (χ1v) is 6.17. The highest BCUT2D eigenvalue weighted by Crippen LogP contribution is 2.29. The average Bonchev–Trinajstić information content (AvgIpc) is 2.47. The van der Waals surface area contributed by atoms with Crippen molar-refractivity contribution in [2.75, 3.05) is 0 Å². The number of rotatable bonds is 2. The zero-order valence-corrected chi connectivity index (χ0v) is 10.7. The minimum absolute atomic E-state index is 0.0220. The zero-order chi connectivity index (χ0) is 15.0. The van der Waals surface area contributed by atoms with Crippen LogP contribution >= 0.6 is 0 Å². The van der Waals surface area contributed by atoms with E-state index in [1.54, 1.807) is 30.3 Å². The lowest BCUT2D eigenvalue weighted by molar-refractivity contribution is 0.0694. The van der Waals surface area contributed by atoms with Crippen LogP contribution in [-0.4, -0.2) is 16.2 Å². The SMILES string of the molecule is O=C(O)c1c(-c2ccccc2)oc2cccc(O)c2c1=O. The molecule has 2 aromatic carbocycles. The van der Waals surface area contributed by atoms with Gasteiger partial charge in [0, 0.05) is 5.56 Å². The summed E-state index contributed by atoms with van der Waals surface area (Å²) in [6.07, 6.45) is 0. The Morgan fingerprint density at radius 1 is 1.00 bits per heavy atom.